The van der Waals surface area contributed by atoms with Crippen molar-refractivity contribution in [1.29, 1.82) is 5.26 Å². The zero-order valence-corrected chi connectivity index (χ0v) is 11.4. The van der Waals surface area contributed by atoms with E-state index in [1.807, 2.05) is 13.0 Å². The Morgan fingerprint density at radius 2 is 2.11 bits per heavy atom. The van der Waals surface area contributed by atoms with Crippen LogP contribution in [0.5, 0.6) is 0 Å². The molecule has 0 aromatic heterocycles. The Kier molecular flexibility index (Phi) is 4.93. The number of rotatable bonds is 3. The molecule has 3 heteroatoms. The van der Waals surface area contributed by atoms with Gasteiger partial charge in [0.2, 0.25) is 0 Å². The van der Waals surface area contributed by atoms with Crippen molar-refractivity contribution in [1.82, 2.24) is 5.32 Å². The first kappa shape index (κ1) is 14.0. The summed E-state index contributed by atoms with van der Waals surface area (Å²) in [5.41, 5.74) is 0.945. The predicted octanol–water partition coefficient (Wildman–Crippen LogP) is 3.95. The molecule has 0 amide bonds. The molecule has 0 heterocycles. The van der Waals surface area contributed by atoms with Gasteiger partial charge in [-0.2, -0.15) is 5.26 Å². The number of nitrogens with one attached hydrogen (secondary N) is 1. The molecule has 19 heavy (non-hydrogen) atoms. The van der Waals surface area contributed by atoms with Crippen LogP contribution in [0.1, 0.15) is 50.6 Å². The lowest BCUT2D eigenvalue weighted by Crippen LogP contribution is -2.36. The Balaban J connectivity index is 2.04. The lowest BCUT2D eigenvalue weighted by Gasteiger charge is -2.25. The molecule has 0 bridgehead atoms. The van der Waals surface area contributed by atoms with Crippen LogP contribution in [-0.2, 0) is 0 Å². The Labute approximate surface area is 114 Å². The number of halogens is 1. The highest BCUT2D eigenvalue weighted by atomic mass is 19.1. The fraction of sp³-hybridized carbons (Fsp3) is 0.562. The van der Waals surface area contributed by atoms with E-state index in [0.29, 0.717) is 0 Å². The SMILES string of the molecule is C[C@@H](NC1CCCCCC1C#N)c1cccc(F)c1. The maximum Gasteiger partial charge on any atom is 0.123 e. The van der Waals surface area contributed by atoms with Gasteiger partial charge in [0, 0.05) is 12.1 Å². The van der Waals surface area contributed by atoms with Crippen LogP contribution in [0.15, 0.2) is 24.3 Å². The van der Waals surface area contributed by atoms with Crippen molar-refractivity contribution >= 4 is 0 Å². The van der Waals surface area contributed by atoms with Crippen LogP contribution in [0.4, 0.5) is 4.39 Å². The van der Waals surface area contributed by atoms with Crippen LogP contribution in [0.25, 0.3) is 0 Å². The zero-order chi connectivity index (χ0) is 13.7. The molecule has 1 aromatic rings. The molecule has 2 rings (SSSR count). The predicted molar refractivity (Wildman–Crippen MR) is 73.9 cm³/mol. The van der Waals surface area contributed by atoms with Crippen molar-refractivity contribution in [2.75, 3.05) is 0 Å². The standard InChI is InChI=1S/C16H21FN2/c1-12(13-7-5-8-15(17)10-13)19-16-9-4-2-3-6-14(16)11-18/h5,7-8,10,12,14,16,19H,2-4,6,9H2,1H3/t12-,14?,16?/m1/s1. The Hall–Kier alpha value is -1.40. The molecule has 102 valence electrons. The maximum atomic E-state index is 13.2. The van der Waals surface area contributed by atoms with Crippen molar-refractivity contribution in [3.63, 3.8) is 0 Å². The second kappa shape index (κ2) is 6.68. The Bertz CT molecular complexity index is 452. The number of nitrogens with zero attached hydrogens (tertiary/aromatic N) is 1. The van der Waals surface area contributed by atoms with E-state index in [1.54, 1.807) is 12.1 Å². The van der Waals surface area contributed by atoms with Crippen LogP contribution < -0.4 is 5.32 Å². The summed E-state index contributed by atoms with van der Waals surface area (Å²) in [6.07, 6.45) is 5.54. The zero-order valence-electron chi connectivity index (χ0n) is 11.4. The molecule has 1 fully saturated rings. The topological polar surface area (TPSA) is 35.8 Å². The molecule has 1 N–H and O–H groups in total. The second-order valence-corrected chi connectivity index (χ2v) is 5.42. The fourth-order valence-electron chi connectivity index (χ4n) is 2.85. The van der Waals surface area contributed by atoms with Gasteiger partial charge in [-0.05, 0) is 37.5 Å². The first-order valence-electron chi connectivity index (χ1n) is 7.12. The summed E-state index contributed by atoms with van der Waals surface area (Å²) in [5.74, 6) is -0.123. The highest BCUT2D eigenvalue weighted by molar-refractivity contribution is 5.19. The number of benzene rings is 1. The monoisotopic (exact) mass is 260 g/mol. The van der Waals surface area contributed by atoms with Gasteiger partial charge in [0.1, 0.15) is 5.82 Å². The minimum Gasteiger partial charge on any atom is -0.306 e. The highest BCUT2D eigenvalue weighted by Crippen LogP contribution is 2.25. The summed E-state index contributed by atoms with van der Waals surface area (Å²) in [5, 5.41) is 12.8. The van der Waals surface area contributed by atoms with Crippen LogP contribution in [0.2, 0.25) is 0 Å². The maximum absolute atomic E-state index is 13.2. The molecule has 0 saturated heterocycles. The lowest BCUT2D eigenvalue weighted by atomic mass is 9.94. The third-order valence-corrected chi connectivity index (χ3v) is 3.99. The van der Waals surface area contributed by atoms with Gasteiger partial charge in [0.05, 0.1) is 12.0 Å². The van der Waals surface area contributed by atoms with Crippen LogP contribution in [0.3, 0.4) is 0 Å². The summed E-state index contributed by atoms with van der Waals surface area (Å²) in [4.78, 5) is 0. The minimum absolute atomic E-state index is 0.0784. The smallest absolute Gasteiger partial charge is 0.123 e. The molecule has 1 aromatic carbocycles. The van der Waals surface area contributed by atoms with E-state index in [4.69, 9.17) is 0 Å². The molecule has 3 atom stereocenters. The van der Waals surface area contributed by atoms with E-state index in [9.17, 15) is 9.65 Å². The molecule has 0 radical (unpaired) electrons. The van der Waals surface area contributed by atoms with Crippen molar-refractivity contribution in [3.8, 4) is 6.07 Å². The molecule has 0 spiro atoms. The van der Waals surface area contributed by atoms with E-state index < -0.39 is 0 Å². The van der Waals surface area contributed by atoms with Crippen molar-refractivity contribution in [2.45, 2.75) is 51.1 Å². The largest absolute Gasteiger partial charge is 0.306 e. The normalized spacial score (nSPS) is 25.3. The lowest BCUT2D eigenvalue weighted by molar-refractivity contribution is 0.361. The average Bonchev–Trinajstić information content (AvgIpc) is 2.63. The molecule has 1 aliphatic carbocycles. The average molecular weight is 260 g/mol. The minimum atomic E-state index is -0.205. The number of hydrogen-bond donors (Lipinski definition) is 1. The van der Waals surface area contributed by atoms with Crippen molar-refractivity contribution < 1.29 is 4.39 Å². The van der Waals surface area contributed by atoms with E-state index >= 15 is 0 Å². The summed E-state index contributed by atoms with van der Waals surface area (Å²) in [7, 11) is 0. The van der Waals surface area contributed by atoms with E-state index in [1.165, 1.54) is 18.9 Å². The molecular weight excluding hydrogens is 239 g/mol. The Morgan fingerprint density at radius 3 is 2.84 bits per heavy atom. The van der Waals surface area contributed by atoms with Gasteiger partial charge in [0.25, 0.3) is 0 Å². The van der Waals surface area contributed by atoms with Gasteiger partial charge in [-0.25, -0.2) is 4.39 Å². The van der Waals surface area contributed by atoms with Gasteiger partial charge in [0.15, 0.2) is 0 Å². The second-order valence-electron chi connectivity index (χ2n) is 5.42. The quantitative estimate of drug-likeness (QED) is 0.835. The molecule has 2 unspecified atom stereocenters. The van der Waals surface area contributed by atoms with E-state index in [2.05, 4.69) is 11.4 Å². The Morgan fingerprint density at radius 1 is 1.32 bits per heavy atom. The highest BCUT2D eigenvalue weighted by Gasteiger charge is 2.24. The molecule has 1 saturated carbocycles. The molecule has 2 nitrogen and oxygen atoms in total. The van der Waals surface area contributed by atoms with Gasteiger partial charge in [-0.15, -0.1) is 0 Å². The number of nitriles is 1. The molecule has 1 aliphatic rings. The molecular formula is C16H21FN2. The fourth-order valence-corrected chi connectivity index (χ4v) is 2.85. The van der Waals surface area contributed by atoms with Gasteiger partial charge in [-0.3, -0.25) is 0 Å². The van der Waals surface area contributed by atoms with Crippen LogP contribution in [-0.4, -0.2) is 6.04 Å². The first-order valence-corrected chi connectivity index (χ1v) is 7.12. The number of hydrogen-bond acceptors (Lipinski definition) is 2. The van der Waals surface area contributed by atoms with Crippen LogP contribution in [0, 0.1) is 23.1 Å². The van der Waals surface area contributed by atoms with E-state index in [-0.39, 0.29) is 23.8 Å². The summed E-state index contributed by atoms with van der Waals surface area (Å²) in [6.45, 7) is 2.04. The van der Waals surface area contributed by atoms with Crippen molar-refractivity contribution in [2.24, 2.45) is 5.92 Å². The summed E-state index contributed by atoms with van der Waals surface area (Å²) < 4.78 is 13.2. The van der Waals surface area contributed by atoms with Crippen molar-refractivity contribution in [3.05, 3.63) is 35.6 Å². The van der Waals surface area contributed by atoms with Crippen LogP contribution >= 0.6 is 0 Å². The first-order chi connectivity index (χ1) is 9.20. The van der Waals surface area contributed by atoms with Gasteiger partial charge < -0.3 is 5.32 Å². The van der Waals surface area contributed by atoms with E-state index in [0.717, 1.165) is 24.8 Å². The van der Waals surface area contributed by atoms with Gasteiger partial charge >= 0.3 is 0 Å². The summed E-state index contributed by atoms with van der Waals surface area (Å²) >= 11 is 0. The summed E-state index contributed by atoms with van der Waals surface area (Å²) in [6, 6.07) is 9.42. The third kappa shape index (κ3) is 3.78. The third-order valence-electron chi connectivity index (χ3n) is 3.99. The molecule has 0 aliphatic heterocycles. The van der Waals surface area contributed by atoms with Gasteiger partial charge in [-0.1, -0.05) is 31.4 Å².